The van der Waals surface area contributed by atoms with Crippen molar-refractivity contribution in [2.45, 2.75) is 19.1 Å². The maximum Gasteiger partial charge on any atom is 0.122 e. The lowest BCUT2D eigenvalue weighted by Crippen LogP contribution is -2.42. The minimum atomic E-state index is 0.263. The van der Waals surface area contributed by atoms with Crippen molar-refractivity contribution in [3.05, 3.63) is 24.0 Å². The third-order valence-electron chi connectivity index (χ3n) is 3.28. The van der Waals surface area contributed by atoms with E-state index in [2.05, 4.69) is 9.88 Å². The van der Waals surface area contributed by atoms with Crippen LogP contribution in [0.2, 0.25) is 0 Å². The van der Waals surface area contributed by atoms with E-state index in [1.165, 1.54) is 0 Å². The number of hydrogen-bond donors (Lipinski definition) is 0. The molecule has 0 aromatic carbocycles. The molecule has 1 fully saturated rings. The Morgan fingerprint density at radius 2 is 2.37 bits per heavy atom. The molecule has 5 heteroatoms. The lowest BCUT2D eigenvalue weighted by Gasteiger charge is -2.32. The van der Waals surface area contributed by atoms with Crippen LogP contribution in [0.5, 0.6) is 5.75 Å². The van der Waals surface area contributed by atoms with E-state index in [1.54, 1.807) is 20.4 Å². The van der Waals surface area contributed by atoms with E-state index < -0.39 is 0 Å². The van der Waals surface area contributed by atoms with E-state index in [0.29, 0.717) is 0 Å². The fourth-order valence-electron chi connectivity index (χ4n) is 2.25. The normalized spacial score (nSPS) is 20.4. The van der Waals surface area contributed by atoms with Crippen LogP contribution in [0.4, 0.5) is 0 Å². The molecule has 0 bridgehead atoms. The van der Waals surface area contributed by atoms with E-state index in [9.17, 15) is 0 Å². The van der Waals surface area contributed by atoms with Crippen molar-refractivity contribution in [3.63, 3.8) is 0 Å². The molecule has 0 saturated carbocycles. The molecule has 106 valence electrons. The van der Waals surface area contributed by atoms with Crippen LogP contribution in [0.25, 0.3) is 0 Å². The first-order valence-corrected chi connectivity index (χ1v) is 6.63. The molecule has 5 nitrogen and oxygen atoms in total. The number of morpholine rings is 1. The van der Waals surface area contributed by atoms with E-state index in [4.69, 9.17) is 14.2 Å². The van der Waals surface area contributed by atoms with Crippen LogP contribution in [-0.4, -0.2) is 56.5 Å². The molecule has 0 spiro atoms. The van der Waals surface area contributed by atoms with Gasteiger partial charge in [0.25, 0.3) is 0 Å². The highest BCUT2D eigenvalue weighted by Crippen LogP contribution is 2.15. The van der Waals surface area contributed by atoms with Crippen LogP contribution in [0, 0.1) is 0 Å². The van der Waals surface area contributed by atoms with Crippen LogP contribution in [-0.2, 0) is 16.0 Å². The number of pyridine rings is 1. The van der Waals surface area contributed by atoms with Gasteiger partial charge in [-0.15, -0.1) is 0 Å². The van der Waals surface area contributed by atoms with E-state index >= 15 is 0 Å². The minimum absolute atomic E-state index is 0.263. The SMILES string of the molecule is COCC[C@@H]1CN(Cc2cc(OC)ccn2)CCO1. The highest BCUT2D eigenvalue weighted by Gasteiger charge is 2.20. The molecule has 1 aromatic heterocycles. The second-order valence-corrected chi connectivity index (χ2v) is 4.70. The fraction of sp³-hybridized carbons (Fsp3) is 0.643. The Labute approximate surface area is 114 Å². The Kier molecular flexibility index (Phi) is 5.57. The largest absolute Gasteiger partial charge is 0.497 e. The maximum atomic E-state index is 5.73. The zero-order chi connectivity index (χ0) is 13.5. The van der Waals surface area contributed by atoms with Gasteiger partial charge in [-0.1, -0.05) is 0 Å². The summed E-state index contributed by atoms with van der Waals surface area (Å²) in [6.45, 7) is 4.24. The van der Waals surface area contributed by atoms with Gasteiger partial charge in [0, 0.05) is 45.6 Å². The number of ether oxygens (including phenoxy) is 3. The van der Waals surface area contributed by atoms with Crippen molar-refractivity contribution >= 4 is 0 Å². The van der Waals surface area contributed by atoms with Crippen LogP contribution >= 0.6 is 0 Å². The summed E-state index contributed by atoms with van der Waals surface area (Å²) in [5.74, 6) is 0.856. The summed E-state index contributed by atoms with van der Waals surface area (Å²) in [4.78, 5) is 6.75. The second-order valence-electron chi connectivity index (χ2n) is 4.70. The number of rotatable bonds is 6. The number of methoxy groups -OCH3 is 2. The van der Waals surface area contributed by atoms with Crippen LogP contribution < -0.4 is 4.74 Å². The fourth-order valence-corrected chi connectivity index (χ4v) is 2.25. The Balaban J connectivity index is 1.87. The lowest BCUT2D eigenvalue weighted by atomic mass is 10.2. The van der Waals surface area contributed by atoms with E-state index in [1.807, 2.05) is 12.1 Å². The van der Waals surface area contributed by atoms with Gasteiger partial charge in [-0.2, -0.15) is 0 Å². The average Bonchev–Trinajstić information content (AvgIpc) is 2.46. The standard InChI is InChI=1S/C14H22N2O3/c1-17-7-4-14-11-16(6-8-19-14)10-12-9-13(18-2)3-5-15-12/h3,5,9,14H,4,6-8,10-11H2,1-2H3/t14-/m1/s1. The Hall–Kier alpha value is -1.17. The van der Waals surface area contributed by atoms with Gasteiger partial charge in [-0.05, 0) is 12.5 Å². The summed E-state index contributed by atoms with van der Waals surface area (Å²) in [5, 5.41) is 0. The molecule has 1 atom stereocenters. The average molecular weight is 266 g/mol. The summed E-state index contributed by atoms with van der Waals surface area (Å²) < 4.78 is 16.0. The van der Waals surface area contributed by atoms with Crippen LogP contribution in [0.3, 0.4) is 0 Å². The summed E-state index contributed by atoms with van der Waals surface area (Å²) in [7, 11) is 3.40. The molecule has 0 unspecified atom stereocenters. The van der Waals surface area contributed by atoms with Gasteiger partial charge in [0.1, 0.15) is 5.75 Å². The highest BCUT2D eigenvalue weighted by molar-refractivity contribution is 5.22. The predicted molar refractivity (Wildman–Crippen MR) is 72.3 cm³/mol. The molecule has 1 aliphatic heterocycles. The van der Waals surface area contributed by atoms with Crippen molar-refractivity contribution in [2.24, 2.45) is 0 Å². The van der Waals surface area contributed by atoms with Gasteiger partial charge in [-0.3, -0.25) is 9.88 Å². The maximum absolute atomic E-state index is 5.73. The van der Waals surface area contributed by atoms with Gasteiger partial charge in [0.15, 0.2) is 0 Å². The Bertz CT molecular complexity index is 387. The van der Waals surface area contributed by atoms with Crippen molar-refractivity contribution in [3.8, 4) is 5.75 Å². The van der Waals surface area contributed by atoms with Crippen molar-refractivity contribution in [1.82, 2.24) is 9.88 Å². The summed E-state index contributed by atoms with van der Waals surface area (Å²) in [6.07, 6.45) is 2.99. The van der Waals surface area contributed by atoms with Crippen molar-refractivity contribution < 1.29 is 14.2 Å². The number of hydrogen-bond acceptors (Lipinski definition) is 5. The summed E-state index contributed by atoms with van der Waals surface area (Å²) >= 11 is 0. The lowest BCUT2D eigenvalue weighted by molar-refractivity contribution is -0.0435. The molecular weight excluding hydrogens is 244 g/mol. The van der Waals surface area contributed by atoms with E-state index in [0.717, 1.165) is 50.7 Å². The first-order valence-electron chi connectivity index (χ1n) is 6.63. The van der Waals surface area contributed by atoms with Crippen molar-refractivity contribution in [2.75, 3.05) is 40.5 Å². The third kappa shape index (κ3) is 4.45. The molecule has 19 heavy (non-hydrogen) atoms. The van der Waals surface area contributed by atoms with Gasteiger partial charge in [0.05, 0.1) is 25.5 Å². The number of nitrogens with zero attached hydrogens (tertiary/aromatic N) is 2. The quantitative estimate of drug-likeness (QED) is 0.777. The molecule has 1 saturated heterocycles. The summed E-state index contributed by atoms with van der Waals surface area (Å²) in [6, 6.07) is 3.85. The zero-order valence-corrected chi connectivity index (χ0v) is 11.7. The van der Waals surface area contributed by atoms with Crippen LogP contribution in [0.1, 0.15) is 12.1 Å². The van der Waals surface area contributed by atoms with Gasteiger partial charge in [0.2, 0.25) is 0 Å². The molecule has 2 rings (SSSR count). The third-order valence-corrected chi connectivity index (χ3v) is 3.28. The van der Waals surface area contributed by atoms with Gasteiger partial charge in [-0.25, -0.2) is 0 Å². The first kappa shape index (κ1) is 14.2. The first-order chi connectivity index (χ1) is 9.31. The highest BCUT2D eigenvalue weighted by atomic mass is 16.5. The molecule has 0 amide bonds. The number of aromatic nitrogens is 1. The van der Waals surface area contributed by atoms with Crippen LogP contribution in [0.15, 0.2) is 18.3 Å². The van der Waals surface area contributed by atoms with Gasteiger partial charge < -0.3 is 14.2 Å². The Morgan fingerprint density at radius 3 is 3.16 bits per heavy atom. The second kappa shape index (κ2) is 7.43. The van der Waals surface area contributed by atoms with Crippen molar-refractivity contribution in [1.29, 1.82) is 0 Å². The molecule has 0 radical (unpaired) electrons. The minimum Gasteiger partial charge on any atom is -0.497 e. The van der Waals surface area contributed by atoms with Gasteiger partial charge >= 0.3 is 0 Å². The molecule has 0 N–H and O–H groups in total. The smallest absolute Gasteiger partial charge is 0.122 e. The topological polar surface area (TPSA) is 43.8 Å². The zero-order valence-electron chi connectivity index (χ0n) is 11.7. The summed E-state index contributed by atoms with van der Waals surface area (Å²) in [5.41, 5.74) is 1.03. The Morgan fingerprint density at radius 1 is 1.47 bits per heavy atom. The molecule has 0 aliphatic carbocycles. The van der Waals surface area contributed by atoms with E-state index in [-0.39, 0.29) is 6.10 Å². The molecule has 2 heterocycles. The monoisotopic (exact) mass is 266 g/mol. The molecular formula is C14H22N2O3. The molecule has 1 aromatic rings. The predicted octanol–water partition coefficient (Wildman–Crippen LogP) is 1.33. The molecule has 1 aliphatic rings.